The number of aromatic nitrogens is 1. The van der Waals surface area contributed by atoms with E-state index in [9.17, 15) is 14.0 Å². The number of amides is 2. The molecule has 29 heavy (non-hydrogen) atoms. The van der Waals surface area contributed by atoms with Gasteiger partial charge in [-0.25, -0.2) is 9.29 Å². The Morgan fingerprint density at radius 3 is 2.45 bits per heavy atom. The van der Waals surface area contributed by atoms with E-state index in [0.29, 0.717) is 10.7 Å². The van der Waals surface area contributed by atoms with Crippen LogP contribution in [0.25, 0.3) is 11.8 Å². The fourth-order valence-corrected chi connectivity index (χ4v) is 3.41. The van der Waals surface area contributed by atoms with Crippen molar-refractivity contribution in [2.75, 3.05) is 4.90 Å². The molecule has 4 rings (SSSR count). The molecule has 3 aromatic rings. The summed E-state index contributed by atoms with van der Waals surface area (Å²) in [5, 5.41) is 2.87. The SMILES string of the molecule is O=C1NC(=S)N(c2ccccc2F)C(=O)C1=Cc1cccn1-c1ccc(Cl)cc1. The molecule has 1 aliphatic heterocycles. The summed E-state index contributed by atoms with van der Waals surface area (Å²) < 4.78 is 16.0. The summed E-state index contributed by atoms with van der Waals surface area (Å²) in [7, 11) is 0. The number of hydrogen-bond acceptors (Lipinski definition) is 3. The van der Waals surface area contributed by atoms with Crippen molar-refractivity contribution in [3.8, 4) is 5.69 Å². The van der Waals surface area contributed by atoms with Crippen molar-refractivity contribution in [1.29, 1.82) is 0 Å². The highest BCUT2D eigenvalue weighted by Gasteiger charge is 2.35. The first-order valence-electron chi connectivity index (χ1n) is 8.55. The van der Waals surface area contributed by atoms with Gasteiger partial charge in [-0.15, -0.1) is 0 Å². The Labute approximate surface area is 176 Å². The Bertz CT molecular complexity index is 1170. The Hall–Kier alpha value is -3.29. The van der Waals surface area contributed by atoms with Crippen LogP contribution in [0.15, 0.2) is 72.4 Å². The van der Waals surface area contributed by atoms with Crippen LogP contribution in [0.1, 0.15) is 5.69 Å². The summed E-state index contributed by atoms with van der Waals surface area (Å²) in [5.41, 5.74) is 1.21. The zero-order valence-electron chi connectivity index (χ0n) is 14.8. The molecule has 1 saturated heterocycles. The standard InChI is InChI=1S/C21H13ClFN3O2S/c22-13-7-9-14(10-8-13)25-11-3-4-15(25)12-16-19(27)24-21(29)26(20(16)28)18-6-2-1-5-17(18)23/h1-12H,(H,24,27,29). The predicted octanol–water partition coefficient (Wildman–Crippen LogP) is 4.10. The molecule has 0 atom stereocenters. The number of carbonyl (C=O) groups excluding carboxylic acids is 2. The molecule has 1 aromatic heterocycles. The monoisotopic (exact) mass is 425 g/mol. The molecule has 0 bridgehead atoms. The Kier molecular flexibility index (Phi) is 5.00. The van der Waals surface area contributed by atoms with Crippen LogP contribution in [0.5, 0.6) is 0 Å². The predicted molar refractivity (Wildman–Crippen MR) is 113 cm³/mol. The molecule has 1 N–H and O–H groups in total. The third kappa shape index (κ3) is 3.57. The van der Waals surface area contributed by atoms with Gasteiger partial charge < -0.3 is 4.57 Å². The van der Waals surface area contributed by atoms with Crippen molar-refractivity contribution < 1.29 is 14.0 Å². The smallest absolute Gasteiger partial charge is 0.270 e. The summed E-state index contributed by atoms with van der Waals surface area (Å²) in [6, 6.07) is 16.4. The fourth-order valence-electron chi connectivity index (χ4n) is 3.01. The van der Waals surface area contributed by atoms with E-state index in [1.165, 1.54) is 24.3 Å². The molecule has 8 heteroatoms. The second kappa shape index (κ2) is 7.62. The Balaban J connectivity index is 1.76. The minimum Gasteiger partial charge on any atom is -0.317 e. The Morgan fingerprint density at radius 2 is 1.72 bits per heavy atom. The maximum Gasteiger partial charge on any atom is 0.270 e. The van der Waals surface area contributed by atoms with E-state index < -0.39 is 17.6 Å². The average Bonchev–Trinajstić information content (AvgIpc) is 3.15. The number of para-hydroxylation sites is 1. The van der Waals surface area contributed by atoms with Crippen LogP contribution in [0.4, 0.5) is 10.1 Å². The van der Waals surface area contributed by atoms with Gasteiger partial charge in [-0.1, -0.05) is 23.7 Å². The van der Waals surface area contributed by atoms with E-state index in [1.807, 2.05) is 12.1 Å². The van der Waals surface area contributed by atoms with Gasteiger partial charge in [0, 0.05) is 22.6 Å². The summed E-state index contributed by atoms with van der Waals surface area (Å²) >= 11 is 11.0. The van der Waals surface area contributed by atoms with Gasteiger partial charge in [0.1, 0.15) is 11.4 Å². The van der Waals surface area contributed by atoms with E-state index in [2.05, 4.69) is 5.32 Å². The zero-order chi connectivity index (χ0) is 20.5. The number of carbonyl (C=O) groups is 2. The molecule has 2 amide bonds. The van der Waals surface area contributed by atoms with Crippen LogP contribution in [0.2, 0.25) is 5.02 Å². The second-order valence-corrected chi connectivity index (χ2v) is 7.01. The average molecular weight is 426 g/mol. The van der Waals surface area contributed by atoms with Crippen molar-refractivity contribution >= 4 is 52.5 Å². The van der Waals surface area contributed by atoms with Crippen LogP contribution < -0.4 is 10.2 Å². The minimum atomic E-state index is -0.701. The van der Waals surface area contributed by atoms with E-state index in [0.717, 1.165) is 10.6 Å². The van der Waals surface area contributed by atoms with Crippen molar-refractivity contribution in [2.45, 2.75) is 0 Å². The highest BCUT2D eigenvalue weighted by atomic mass is 35.5. The third-order valence-corrected chi connectivity index (χ3v) is 4.91. The van der Waals surface area contributed by atoms with E-state index >= 15 is 0 Å². The largest absolute Gasteiger partial charge is 0.317 e. The maximum atomic E-state index is 14.2. The van der Waals surface area contributed by atoms with Crippen molar-refractivity contribution in [3.05, 3.63) is 89.0 Å². The normalized spacial score (nSPS) is 15.7. The zero-order valence-corrected chi connectivity index (χ0v) is 16.4. The number of thiocarbonyl (C=S) groups is 1. The Morgan fingerprint density at radius 1 is 1.00 bits per heavy atom. The number of halogens is 2. The quantitative estimate of drug-likeness (QED) is 0.390. The molecule has 0 radical (unpaired) electrons. The maximum absolute atomic E-state index is 14.2. The highest BCUT2D eigenvalue weighted by Crippen LogP contribution is 2.25. The number of nitrogens with one attached hydrogen (secondary N) is 1. The van der Waals surface area contributed by atoms with Gasteiger partial charge in [-0.3, -0.25) is 14.9 Å². The topological polar surface area (TPSA) is 54.3 Å². The molecule has 1 aliphatic rings. The van der Waals surface area contributed by atoms with Crippen LogP contribution in [0.3, 0.4) is 0 Å². The summed E-state index contributed by atoms with van der Waals surface area (Å²) in [4.78, 5) is 26.5. The summed E-state index contributed by atoms with van der Waals surface area (Å²) in [6.07, 6.45) is 3.24. The number of nitrogens with zero attached hydrogens (tertiary/aromatic N) is 2. The molecule has 0 saturated carbocycles. The molecule has 5 nitrogen and oxygen atoms in total. The van der Waals surface area contributed by atoms with Crippen LogP contribution in [-0.2, 0) is 9.59 Å². The number of benzene rings is 2. The van der Waals surface area contributed by atoms with E-state index in [-0.39, 0.29) is 16.4 Å². The lowest BCUT2D eigenvalue weighted by atomic mass is 10.1. The van der Waals surface area contributed by atoms with E-state index in [4.69, 9.17) is 23.8 Å². The summed E-state index contributed by atoms with van der Waals surface area (Å²) in [5.74, 6) is -1.97. The molecule has 0 unspecified atom stereocenters. The number of rotatable bonds is 3. The third-order valence-electron chi connectivity index (χ3n) is 4.37. The van der Waals surface area contributed by atoms with Gasteiger partial charge in [-0.05, 0) is 66.8 Å². The molecule has 144 valence electrons. The first-order chi connectivity index (χ1) is 14.0. The van der Waals surface area contributed by atoms with Crippen LogP contribution >= 0.6 is 23.8 Å². The van der Waals surface area contributed by atoms with Crippen molar-refractivity contribution in [1.82, 2.24) is 9.88 Å². The number of anilines is 1. The van der Waals surface area contributed by atoms with Crippen LogP contribution in [0, 0.1) is 5.82 Å². The van der Waals surface area contributed by atoms with Gasteiger partial charge in [0.15, 0.2) is 5.11 Å². The molecule has 1 fully saturated rings. The van der Waals surface area contributed by atoms with Crippen molar-refractivity contribution in [3.63, 3.8) is 0 Å². The first kappa shape index (κ1) is 19.0. The highest BCUT2D eigenvalue weighted by molar-refractivity contribution is 7.80. The van der Waals surface area contributed by atoms with Gasteiger partial charge in [0.25, 0.3) is 11.8 Å². The molecule has 0 aliphatic carbocycles. The van der Waals surface area contributed by atoms with Gasteiger partial charge in [0.2, 0.25) is 0 Å². The second-order valence-electron chi connectivity index (χ2n) is 6.19. The lowest BCUT2D eigenvalue weighted by Crippen LogP contribution is -2.54. The van der Waals surface area contributed by atoms with Gasteiger partial charge in [-0.2, -0.15) is 0 Å². The van der Waals surface area contributed by atoms with Gasteiger partial charge in [0.05, 0.1) is 5.69 Å². The first-order valence-corrected chi connectivity index (χ1v) is 9.33. The molecular weight excluding hydrogens is 413 g/mol. The molecule has 0 spiro atoms. The minimum absolute atomic E-state index is 0.0264. The molecule has 2 aromatic carbocycles. The van der Waals surface area contributed by atoms with Gasteiger partial charge >= 0.3 is 0 Å². The lowest BCUT2D eigenvalue weighted by molar-refractivity contribution is -0.122. The van der Waals surface area contributed by atoms with Crippen LogP contribution in [-0.4, -0.2) is 21.5 Å². The molecule has 2 heterocycles. The summed E-state index contributed by atoms with van der Waals surface area (Å²) in [6.45, 7) is 0. The number of hydrogen-bond donors (Lipinski definition) is 1. The van der Waals surface area contributed by atoms with E-state index in [1.54, 1.807) is 41.1 Å². The lowest BCUT2D eigenvalue weighted by Gasteiger charge is -2.29. The molecular formula is C21H13ClFN3O2S. The van der Waals surface area contributed by atoms with Crippen molar-refractivity contribution in [2.24, 2.45) is 0 Å². The fraction of sp³-hybridized carbons (Fsp3) is 0.